The minimum absolute atomic E-state index is 0.139. The monoisotopic (exact) mass is 325 g/mol. The number of carbonyl (C=O) groups is 1. The van der Waals surface area contributed by atoms with Crippen LogP contribution in [0.25, 0.3) is 0 Å². The van der Waals surface area contributed by atoms with E-state index in [4.69, 9.17) is 0 Å². The van der Waals surface area contributed by atoms with Crippen LogP contribution in [0.2, 0.25) is 0 Å². The standard InChI is InChI=1S/C11H8BrN3O4/c12-8-6-14(13-10(8)15(18)19)9(11(16)17)7-4-2-1-3-5-7/h1-6,9H,(H,16,17). The summed E-state index contributed by atoms with van der Waals surface area (Å²) in [6, 6.07) is 7.28. The van der Waals surface area contributed by atoms with Gasteiger partial charge in [-0.05, 0) is 26.4 Å². The number of hydrogen-bond acceptors (Lipinski definition) is 4. The first-order valence-corrected chi connectivity index (χ1v) is 5.97. The van der Waals surface area contributed by atoms with Gasteiger partial charge in [0.25, 0.3) is 0 Å². The van der Waals surface area contributed by atoms with E-state index in [2.05, 4.69) is 21.0 Å². The van der Waals surface area contributed by atoms with Gasteiger partial charge in [-0.25, -0.2) is 4.79 Å². The third-order valence-corrected chi connectivity index (χ3v) is 3.02. The second-order valence-electron chi connectivity index (χ2n) is 3.69. The quantitative estimate of drug-likeness (QED) is 0.686. The highest BCUT2D eigenvalue weighted by atomic mass is 79.9. The van der Waals surface area contributed by atoms with E-state index in [1.807, 2.05) is 0 Å². The van der Waals surface area contributed by atoms with Crippen LogP contribution in [0.3, 0.4) is 0 Å². The first-order valence-electron chi connectivity index (χ1n) is 5.17. The normalized spacial score (nSPS) is 12.1. The second-order valence-corrected chi connectivity index (χ2v) is 4.54. The minimum atomic E-state index is -1.14. The lowest BCUT2D eigenvalue weighted by Crippen LogP contribution is -2.20. The van der Waals surface area contributed by atoms with E-state index in [9.17, 15) is 20.0 Å². The maximum atomic E-state index is 11.3. The third-order valence-electron chi connectivity index (χ3n) is 2.46. The number of aromatic nitrogens is 2. The fraction of sp³-hybridized carbons (Fsp3) is 0.0909. The Morgan fingerprint density at radius 1 is 1.42 bits per heavy atom. The van der Waals surface area contributed by atoms with Crippen LogP contribution < -0.4 is 0 Å². The van der Waals surface area contributed by atoms with E-state index in [1.165, 1.54) is 6.20 Å². The van der Waals surface area contributed by atoms with Gasteiger partial charge in [0.05, 0.1) is 11.3 Å². The SMILES string of the molecule is O=C(O)C(c1ccccc1)n1cc(Br)c([N+](=O)[O-])n1. The molecule has 1 unspecified atom stereocenters. The van der Waals surface area contributed by atoms with Crippen LogP contribution in [0, 0.1) is 10.1 Å². The van der Waals surface area contributed by atoms with Crippen LogP contribution >= 0.6 is 15.9 Å². The Morgan fingerprint density at radius 2 is 2.05 bits per heavy atom. The van der Waals surface area contributed by atoms with Gasteiger partial charge < -0.3 is 15.2 Å². The molecule has 7 nitrogen and oxygen atoms in total. The van der Waals surface area contributed by atoms with Crippen molar-refractivity contribution in [3.05, 3.63) is 56.7 Å². The molecule has 0 aliphatic heterocycles. The first kappa shape index (κ1) is 13.2. The van der Waals surface area contributed by atoms with Gasteiger partial charge >= 0.3 is 11.8 Å². The number of benzene rings is 1. The molecule has 19 heavy (non-hydrogen) atoms. The summed E-state index contributed by atoms with van der Waals surface area (Å²) in [5.41, 5.74) is 0.486. The molecule has 1 heterocycles. The van der Waals surface area contributed by atoms with Gasteiger partial charge in [0.15, 0.2) is 6.04 Å². The highest BCUT2D eigenvalue weighted by molar-refractivity contribution is 9.10. The molecule has 0 bridgehead atoms. The van der Waals surface area contributed by atoms with Crippen LogP contribution in [0.5, 0.6) is 0 Å². The minimum Gasteiger partial charge on any atom is -0.479 e. The number of aliphatic carboxylic acids is 1. The van der Waals surface area contributed by atoms with Crippen molar-refractivity contribution in [3.63, 3.8) is 0 Å². The maximum Gasteiger partial charge on any atom is 0.404 e. The highest BCUT2D eigenvalue weighted by Crippen LogP contribution is 2.26. The topological polar surface area (TPSA) is 98.3 Å². The number of nitrogens with zero attached hydrogens (tertiary/aromatic N) is 3. The molecule has 0 saturated heterocycles. The summed E-state index contributed by atoms with van der Waals surface area (Å²) < 4.78 is 1.19. The Hall–Kier alpha value is -2.22. The van der Waals surface area contributed by atoms with Crippen LogP contribution in [0.1, 0.15) is 11.6 Å². The molecule has 0 saturated carbocycles. The summed E-state index contributed by atoms with van der Waals surface area (Å²) in [6.07, 6.45) is 1.28. The zero-order valence-electron chi connectivity index (χ0n) is 9.43. The molecule has 1 atom stereocenters. The van der Waals surface area contributed by atoms with Gasteiger partial charge in [0.1, 0.15) is 4.47 Å². The van der Waals surface area contributed by atoms with Gasteiger partial charge in [0, 0.05) is 0 Å². The van der Waals surface area contributed by atoms with Crippen LogP contribution in [0.15, 0.2) is 41.0 Å². The van der Waals surface area contributed by atoms with Gasteiger partial charge in [-0.15, -0.1) is 0 Å². The molecule has 0 fully saturated rings. The van der Waals surface area contributed by atoms with Crippen molar-refractivity contribution >= 4 is 27.7 Å². The Bertz CT molecular complexity index is 626. The fourth-order valence-electron chi connectivity index (χ4n) is 1.66. The van der Waals surface area contributed by atoms with E-state index in [0.29, 0.717) is 5.56 Å². The van der Waals surface area contributed by atoms with E-state index >= 15 is 0 Å². The molecule has 0 spiro atoms. The van der Waals surface area contributed by atoms with Gasteiger partial charge in [0.2, 0.25) is 0 Å². The lowest BCUT2D eigenvalue weighted by Gasteiger charge is -2.09. The summed E-state index contributed by atoms with van der Waals surface area (Å²) in [5, 5.41) is 23.7. The third kappa shape index (κ3) is 2.63. The molecule has 1 aromatic carbocycles. The summed E-state index contributed by atoms with van der Waals surface area (Å²) in [4.78, 5) is 21.4. The Morgan fingerprint density at radius 3 is 2.53 bits per heavy atom. The molecule has 2 rings (SSSR count). The van der Waals surface area contributed by atoms with E-state index < -0.39 is 22.8 Å². The number of rotatable bonds is 4. The molecule has 0 radical (unpaired) electrons. The number of nitro groups is 1. The van der Waals surface area contributed by atoms with Crippen molar-refractivity contribution in [2.24, 2.45) is 0 Å². The lowest BCUT2D eigenvalue weighted by atomic mass is 10.1. The van der Waals surface area contributed by atoms with Crippen LogP contribution in [-0.2, 0) is 4.79 Å². The van der Waals surface area contributed by atoms with Gasteiger partial charge in [-0.3, -0.25) is 0 Å². The molecular weight excluding hydrogens is 318 g/mol. The number of carboxylic acid groups (broad SMARTS) is 1. The van der Waals surface area contributed by atoms with Crippen molar-refractivity contribution in [1.82, 2.24) is 9.78 Å². The van der Waals surface area contributed by atoms with E-state index in [1.54, 1.807) is 30.3 Å². The molecule has 0 amide bonds. The zero-order valence-corrected chi connectivity index (χ0v) is 11.0. The summed E-state index contributed by atoms with van der Waals surface area (Å²) >= 11 is 2.99. The predicted molar refractivity (Wildman–Crippen MR) is 68.8 cm³/mol. The Kier molecular flexibility index (Phi) is 3.61. The van der Waals surface area contributed by atoms with Crippen LogP contribution in [0.4, 0.5) is 5.82 Å². The molecule has 0 aliphatic carbocycles. The number of carboxylic acids is 1. The van der Waals surface area contributed by atoms with Crippen LogP contribution in [-0.4, -0.2) is 25.8 Å². The average molecular weight is 326 g/mol. The number of hydrogen-bond donors (Lipinski definition) is 1. The summed E-state index contributed by atoms with van der Waals surface area (Å²) in [5.74, 6) is -1.56. The molecule has 98 valence electrons. The predicted octanol–water partition coefficient (Wildman–Crippen LogP) is 2.23. The van der Waals surface area contributed by atoms with Gasteiger partial charge in [-0.2, -0.15) is 4.68 Å². The zero-order chi connectivity index (χ0) is 14.0. The van der Waals surface area contributed by atoms with Crippen molar-refractivity contribution < 1.29 is 14.8 Å². The first-order chi connectivity index (χ1) is 9.00. The van der Waals surface area contributed by atoms with E-state index in [0.717, 1.165) is 4.68 Å². The second kappa shape index (κ2) is 5.19. The molecule has 2 aromatic rings. The van der Waals surface area contributed by atoms with Gasteiger partial charge in [-0.1, -0.05) is 30.3 Å². The Labute approximate surface area is 115 Å². The van der Waals surface area contributed by atoms with Crippen molar-refractivity contribution in [2.45, 2.75) is 6.04 Å². The van der Waals surface area contributed by atoms with Crippen molar-refractivity contribution in [1.29, 1.82) is 0 Å². The largest absolute Gasteiger partial charge is 0.479 e. The Balaban J connectivity index is 2.49. The van der Waals surface area contributed by atoms with Crippen molar-refractivity contribution in [2.75, 3.05) is 0 Å². The number of halogens is 1. The molecule has 1 aromatic heterocycles. The summed E-state index contributed by atoms with van der Waals surface area (Å²) in [6.45, 7) is 0. The molecule has 8 heteroatoms. The van der Waals surface area contributed by atoms with E-state index in [-0.39, 0.29) is 4.47 Å². The smallest absolute Gasteiger partial charge is 0.404 e. The average Bonchev–Trinajstić information content (AvgIpc) is 2.72. The van der Waals surface area contributed by atoms with Crippen molar-refractivity contribution in [3.8, 4) is 0 Å². The lowest BCUT2D eigenvalue weighted by molar-refractivity contribution is -0.390. The molecular formula is C11H8BrN3O4. The summed E-state index contributed by atoms with van der Waals surface area (Å²) in [7, 11) is 0. The maximum absolute atomic E-state index is 11.3. The molecule has 1 N–H and O–H groups in total. The molecule has 0 aliphatic rings. The fourth-order valence-corrected chi connectivity index (χ4v) is 2.09. The highest BCUT2D eigenvalue weighted by Gasteiger charge is 2.29.